The molecule has 2 aromatic rings. The Morgan fingerprint density at radius 3 is 2.07 bits per heavy atom. The summed E-state index contributed by atoms with van der Waals surface area (Å²) in [5, 5.41) is 0. The molecule has 1 amide bonds. The number of amides is 1. The number of benzene rings is 2. The van der Waals surface area contributed by atoms with Crippen LogP contribution < -0.4 is 9.03 Å². The molecule has 1 saturated heterocycles. The zero-order valence-corrected chi connectivity index (χ0v) is 17.7. The molecule has 1 N–H and O–H groups in total. The number of nitrogens with zero attached hydrogens (tertiary/aromatic N) is 1. The minimum Gasteiger partial charge on any atom is -0.279 e. The smallest absolute Gasteiger partial charge is 0.262 e. The third-order valence-electron chi connectivity index (χ3n) is 4.65. The average molecular weight is 423 g/mol. The largest absolute Gasteiger partial charge is 0.279 e. The van der Waals surface area contributed by atoms with Gasteiger partial charge >= 0.3 is 0 Å². The fourth-order valence-electron chi connectivity index (χ4n) is 3.46. The van der Waals surface area contributed by atoms with E-state index in [4.69, 9.17) is 0 Å². The predicted molar refractivity (Wildman–Crippen MR) is 109 cm³/mol. The molecule has 0 aromatic heterocycles. The number of rotatable bonds is 4. The van der Waals surface area contributed by atoms with Gasteiger partial charge in [0.1, 0.15) is 0 Å². The lowest BCUT2D eigenvalue weighted by Gasteiger charge is -2.19. The SMILES string of the molecule is Cc1ccc(NS(=O)(=O)c2c(C)cc(N3C(=O)CCS3(=O)=O)cc2C)c(C)c1. The molecule has 0 saturated carbocycles. The van der Waals surface area contributed by atoms with E-state index in [9.17, 15) is 21.6 Å². The maximum atomic E-state index is 13.0. The van der Waals surface area contributed by atoms with Crippen LogP contribution in [0.25, 0.3) is 0 Å². The lowest BCUT2D eigenvalue weighted by atomic mass is 10.1. The van der Waals surface area contributed by atoms with E-state index >= 15 is 0 Å². The molecule has 1 fully saturated rings. The summed E-state index contributed by atoms with van der Waals surface area (Å²) in [4.78, 5) is 12.1. The first-order chi connectivity index (χ1) is 12.9. The first-order valence-corrected chi connectivity index (χ1v) is 11.8. The fourth-order valence-corrected chi connectivity index (χ4v) is 6.49. The van der Waals surface area contributed by atoms with Crippen LogP contribution in [0.15, 0.2) is 35.2 Å². The molecular weight excluding hydrogens is 400 g/mol. The van der Waals surface area contributed by atoms with E-state index in [1.165, 1.54) is 12.1 Å². The quantitative estimate of drug-likeness (QED) is 0.817. The molecule has 1 heterocycles. The number of hydrogen-bond acceptors (Lipinski definition) is 5. The topological polar surface area (TPSA) is 101 Å². The Labute approximate surface area is 165 Å². The Kier molecular flexibility index (Phi) is 5.01. The van der Waals surface area contributed by atoms with E-state index < -0.39 is 26.0 Å². The number of carbonyl (C=O) groups is 1. The Morgan fingerprint density at radius 1 is 0.964 bits per heavy atom. The zero-order chi connectivity index (χ0) is 20.9. The van der Waals surface area contributed by atoms with Crippen molar-refractivity contribution >= 4 is 37.3 Å². The average Bonchev–Trinajstić information content (AvgIpc) is 2.82. The first kappa shape index (κ1) is 20.3. The molecule has 3 rings (SSSR count). The molecule has 0 bridgehead atoms. The number of aryl methyl sites for hydroxylation is 4. The molecule has 28 heavy (non-hydrogen) atoms. The normalized spacial score (nSPS) is 16.4. The molecule has 1 aliphatic rings. The second-order valence-electron chi connectivity index (χ2n) is 7.06. The summed E-state index contributed by atoms with van der Waals surface area (Å²) < 4.78 is 53.7. The highest BCUT2D eigenvalue weighted by molar-refractivity contribution is 7.94. The van der Waals surface area contributed by atoms with Crippen molar-refractivity contribution in [3.05, 3.63) is 52.6 Å². The van der Waals surface area contributed by atoms with Crippen molar-refractivity contribution in [2.24, 2.45) is 0 Å². The van der Waals surface area contributed by atoms with Gasteiger partial charge in [-0.05, 0) is 62.6 Å². The van der Waals surface area contributed by atoms with Gasteiger partial charge in [-0.25, -0.2) is 21.1 Å². The molecule has 0 aliphatic carbocycles. The standard InChI is InChI=1S/C19H22N2O5S2/c1-12-5-6-17(13(2)9-12)20-28(25,26)19-14(3)10-16(11-15(19)4)21-18(22)7-8-27(21,23)24/h5-6,9-11,20H,7-8H2,1-4H3. The summed E-state index contributed by atoms with van der Waals surface area (Å²) in [5.41, 5.74) is 3.19. The van der Waals surface area contributed by atoms with Gasteiger partial charge in [0.2, 0.25) is 15.9 Å². The highest BCUT2D eigenvalue weighted by Gasteiger charge is 2.37. The molecule has 0 radical (unpaired) electrons. The van der Waals surface area contributed by atoms with Gasteiger partial charge in [-0.2, -0.15) is 0 Å². The van der Waals surface area contributed by atoms with Crippen molar-refractivity contribution in [2.45, 2.75) is 39.0 Å². The minimum absolute atomic E-state index is 0.0697. The van der Waals surface area contributed by atoms with Crippen LogP contribution in [0.3, 0.4) is 0 Å². The number of carbonyl (C=O) groups excluding carboxylic acids is 1. The van der Waals surface area contributed by atoms with Gasteiger partial charge in [-0.1, -0.05) is 17.7 Å². The summed E-state index contributed by atoms with van der Waals surface area (Å²) in [6.07, 6.45) is -0.0747. The molecule has 0 unspecified atom stereocenters. The maximum Gasteiger partial charge on any atom is 0.262 e. The van der Waals surface area contributed by atoms with Gasteiger partial charge in [0.15, 0.2) is 0 Å². The van der Waals surface area contributed by atoms with Crippen molar-refractivity contribution < 1.29 is 21.6 Å². The molecule has 7 nitrogen and oxygen atoms in total. The van der Waals surface area contributed by atoms with Crippen LogP contribution >= 0.6 is 0 Å². The van der Waals surface area contributed by atoms with Crippen LogP contribution in [0, 0.1) is 27.7 Å². The van der Waals surface area contributed by atoms with Crippen molar-refractivity contribution in [1.29, 1.82) is 0 Å². The van der Waals surface area contributed by atoms with Gasteiger partial charge in [0.05, 0.1) is 22.0 Å². The summed E-state index contributed by atoms with van der Waals surface area (Å²) >= 11 is 0. The summed E-state index contributed by atoms with van der Waals surface area (Å²) in [7, 11) is -7.61. The summed E-state index contributed by atoms with van der Waals surface area (Å²) in [6.45, 7) is 6.91. The van der Waals surface area contributed by atoms with E-state index in [0.29, 0.717) is 16.8 Å². The van der Waals surface area contributed by atoms with Gasteiger partial charge in [-0.3, -0.25) is 9.52 Å². The monoisotopic (exact) mass is 422 g/mol. The van der Waals surface area contributed by atoms with Crippen LogP contribution in [0.1, 0.15) is 28.7 Å². The summed E-state index contributed by atoms with van der Waals surface area (Å²) in [6, 6.07) is 8.24. The fraction of sp³-hybridized carbons (Fsp3) is 0.316. The third-order valence-corrected chi connectivity index (χ3v) is 8.01. The Balaban J connectivity index is 2.04. The third kappa shape index (κ3) is 3.64. The second kappa shape index (κ2) is 6.89. The van der Waals surface area contributed by atoms with E-state index in [1.54, 1.807) is 19.9 Å². The van der Waals surface area contributed by atoms with Gasteiger partial charge in [-0.15, -0.1) is 0 Å². The van der Waals surface area contributed by atoms with E-state index in [0.717, 1.165) is 15.4 Å². The van der Waals surface area contributed by atoms with Crippen molar-refractivity contribution in [1.82, 2.24) is 0 Å². The van der Waals surface area contributed by atoms with Gasteiger partial charge in [0, 0.05) is 6.42 Å². The molecule has 2 aromatic carbocycles. The van der Waals surface area contributed by atoms with Crippen LogP contribution in [0.5, 0.6) is 0 Å². The minimum atomic E-state index is -3.90. The Bertz CT molecular complexity index is 1160. The zero-order valence-electron chi connectivity index (χ0n) is 16.1. The molecule has 0 spiro atoms. The highest BCUT2D eigenvalue weighted by Crippen LogP contribution is 2.32. The van der Waals surface area contributed by atoms with Crippen LogP contribution in [0.2, 0.25) is 0 Å². The molecule has 9 heteroatoms. The second-order valence-corrected chi connectivity index (χ2v) is 10.6. The lowest BCUT2D eigenvalue weighted by molar-refractivity contribution is -0.116. The molecule has 0 atom stereocenters. The van der Waals surface area contributed by atoms with Crippen molar-refractivity contribution in [3.63, 3.8) is 0 Å². The number of hydrogen-bond donors (Lipinski definition) is 1. The molecule has 150 valence electrons. The maximum absolute atomic E-state index is 13.0. The summed E-state index contributed by atoms with van der Waals surface area (Å²) in [5.74, 6) is -0.749. The van der Waals surface area contributed by atoms with E-state index in [2.05, 4.69) is 4.72 Å². The number of nitrogens with one attached hydrogen (secondary N) is 1. The molecular formula is C19H22N2O5S2. The van der Waals surface area contributed by atoms with E-state index in [-0.39, 0.29) is 22.8 Å². The van der Waals surface area contributed by atoms with Gasteiger partial charge < -0.3 is 0 Å². The van der Waals surface area contributed by atoms with Crippen LogP contribution in [-0.2, 0) is 24.8 Å². The Hall–Kier alpha value is -2.39. The lowest BCUT2D eigenvalue weighted by Crippen LogP contribution is -2.29. The van der Waals surface area contributed by atoms with Crippen molar-refractivity contribution in [2.75, 3.05) is 14.8 Å². The highest BCUT2D eigenvalue weighted by atomic mass is 32.2. The van der Waals surface area contributed by atoms with Crippen LogP contribution in [-0.4, -0.2) is 28.5 Å². The van der Waals surface area contributed by atoms with E-state index in [1.807, 2.05) is 26.0 Å². The predicted octanol–water partition coefficient (Wildman–Crippen LogP) is 2.79. The molecule has 1 aliphatic heterocycles. The van der Waals surface area contributed by atoms with Gasteiger partial charge in [0.25, 0.3) is 10.0 Å². The first-order valence-electron chi connectivity index (χ1n) is 8.69. The number of sulfonamides is 2. The van der Waals surface area contributed by atoms with Crippen molar-refractivity contribution in [3.8, 4) is 0 Å². The number of anilines is 2. The van der Waals surface area contributed by atoms with Crippen LogP contribution in [0.4, 0.5) is 11.4 Å². The Morgan fingerprint density at radius 2 is 1.57 bits per heavy atom.